The number of benzene rings is 6. The predicted octanol–water partition coefficient (Wildman–Crippen LogP) is 8.37. The van der Waals surface area contributed by atoms with Crippen LogP contribution in [0.4, 0.5) is 0 Å². The lowest BCUT2D eigenvalue weighted by molar-refractivity contribution is 0.125. The fourth-order valence-corrected chi connectivity index (χ4v) is 6.48. The third kappa shape index (κ3) is 6.82. The van der Waals surface area contributed by atoms with Crippen LogP contribution in [0.2, 0.25) is 0 Å². The Morgan fingerprint density at radius 1 is 0.408 bits per heavy atom. The molecule has 0 aliphatic carbocycles. The fraction of sp³-hybridized carbons (Fsp3) is 0.182. The lowest BCUT2D eigenvalue weighted by Crippen LogP contribution is -2.29. The van der Waals surface area contributed by atoms with Crippen molar-refractivity contribution in [1.82, 2.24) is 0 Å². The van der Waals surface area contributed by atoms with E-state index in [9.17, 15) is 10.2 Å². The molecule has 6 aromatic carbocycles. The first-order chi connectivity index (χ1) is 23.8. The van der Waals surface area contributed by atoms with Crippen molar-refractivity contribution in [2.45, 2.75) is 31.0 Å². The third-order valence-corrected chi connectivity index (χ3v) is 9.38. The Morgan fingerprint density at radius 2 is 0.714 bits per heavy atom. The van der Waals surface area contributed by atoms with Crippen LogP contribution >= 0.6 is 0 Å². The maximum Gasteiger partial charge on any atom is 0.140 e. The summed E-state index contributed by atoms with van der Waals surface area (Å²) in [5.74, 6) is 2.17. The van der Waals surface area contributed by atoms with Crippen LogP contribution in [0.1, 0.15) is 50.1 Å². The van der Waals surface area contributed by atoms with Crippen LogP contribution in [-0.2, 0) is 24.0 Å². The molecule has 2 N–H and O–H groups in total. The maximum absolute atomic E-state index is 12.5. The van der Waals surface area contributed by atoms with Gasteiger partial charge in [-0.1, -0.05) is 115 Å². The van der Waals surface area contributed by atoms with Crippen LogP contribution in [0, 0.1) is 6.92 Å². The van der Waals surface area contributed by atoms with Crippen LogP contribution in [-0.4, -0.2) is 31.5 Å². The van der Waals surface area contributed by atoms with E-state index in [4.69, 9.17) is 14.2 Å². The Labute approximate surface area is 289 Å². The van der Waals surface area contributed by atoms with Crippen LogP contribution in [0.15, 0.2) is 146 Å². The van der Waals surface area contributed by atoms with Gasteiger partial charge in [-0.05, 0) is 101 Å². The number of aliphatic hydroxyl groups is 2. The molecule has 1 atom stereocenters. The highest BCUT2D eigenvalue weighted by Gasteiger charge is 2.35. The molecule has 0 fully saturated rings. The number of hydrogen-bond donors (Lipinski definition) is 2. The van der Waals surface area contributed by atoms with Crippen LogP contribution in [0.3, 0.4) is 0 Å². The Morgan fingerprint density at radius 3 is 1.02 bits per heavy atom. The van der Waals surface area contributed by atoms with E-state index in [1.807, 2.05) is 128 Å². The lowest BCUT2D eigenvalue weighted by atomic mass is 9.79. The molecule has 0 aliphatic heterocycles. The molecule has 5 heteroatoms. The summed E-state index contributed by atoms with van der Waals surface area (Å²) < 4.78 is 16.2. The fourth-order valence-electron chi connectivity index (χ4n) is 6.48. The van der Waals surface area contributed by atoms with E-state index in [1.54, 1.807) is 21.3 Å². The Balaban J connectivity index is 1.32. The quantitative estimate of drug-likeness (QED) is 0.130. The van der Waals surface area contributed by atoms with E-state index in [1.165, 1.54) is 0 Å². The first-order valence-corrected chi connectivity index (χ1v) is 16.4. The first kappa shape index (κ1) is 33.5. The van der Waals surface area contributed by atoms with Crippen molar-refractivity contribution >= 4 is 0 Å². The van der Waals surface area contributed by atoms with Crippen LogP contribution < -0.4 is 14.2 Å². The smallest absolute Gasteiger partial charge is 0.140 e. The number of rotatable bonds is 12. The lowest BCUT2D eigenvalue weighted by Gasteiger charge is -2.31. The van der Waals surface area contributed by atoms with Crippen molar-refractivity contribution in [1.29, 1.82) is 0 Å². The second-order valence-electron chi connectivity index (χ2n) is 12.4. The second-order valence-corrected chi connectivity index (χ2v) is 12.4. The molecule has 6 aromatic rings. The molecule has 248 valence electrons. The highest BCUT2D eigenvalue weighted by atomic mass is 16.5. The average Bonchev–Trinajstić information content (AvgIpc) is 3.17. The molecule has 0 heterocycles. The largest absolute Gasteiger partial charge is 0.497 e. The summed E-state index contributed by atoms with van der Waals surface area (Å²) in [6.45, 7) is 2.04. The summed E-state index contributed by atoms with van der Waals surface area (Å²) >= 11 is 0. The zero-order valence-corrected chi connectivity index (χ0v) is 28.4. The summed E-state index contributed by atoms with van der Waals surface area (Å²) in [5.41, 5.74) is 5.14. The number of ether oxygens (including phenoxy) is 3. The summed E-state index contributed by atoms with van der Waals surface area (Å²) in [4.78, 5) is 0. The minimum absolute atomic E-state index is 0.720. The van der Waals surface area contributed by atoms with Crippen molar-refractivity contribution in [3.63, 3.8) is 0 Å². The van der Waals surface area contributed by atoms with Crippen molar-refractivity contribution in [3.05, 3.63) is 196 Å². The molecule has 0 amide bonds. The van der Waals surface area contributed by atoms with Crippen molar-refractivity contribution < 1.29 is 24.4 Å². The molecular formula is C44H42O5. The van der Waals surface area contributed by atoms with E-state index < -0.39 is 11.2 Å². The van der Waals surface area contributed by atoms with E-state index in [0.717, 1.165) is 80.2 Å². The molecule has 0 saturated carbocycles. The molecule has 0 aliphatic rings. The third-order valence-electron chi connectivity index (χ3n) is 9.38. The van der Waals surface area contributed by atoms with E-state index in [-0.39, 0.29) is 0 Å². The van der Waals surface area contributed by atoms with Gasteiger partial charge in [0.25, 0.3) is 0 Å². The predicted molar refractivity (Wildman–Crippen MR) is 195 cm³/mol. The zero-order valence-electron chi connectivity index (χ0n) is 28.4. The van der Waals surface area contributed by atoms with Gasteiger partial charge >= 0.3 is 0 Å². The van der Waals surface area contributed by atoms with Gasteiger partial charge in [0.05, 0.1) is 21.3 Å². The monoisotopic (exact) mass is 650 g/mol. The van der Waals surface area contributed by atoms with Gasteiger partial charge in [-0.25, -0.2) is 0 Å². The summed E-state index contributed by atoms with van der Waals surface area (Å²) in [6.07, 6.45) is 1.48. The molecule has 1 unspecified atom stereocenters. The van der Waals surface area contributed by atoms with E-state index >= 15 is 0 Å². The van der Waals surface area contributed by atoms with Gasteiger partial charge in [0, 0.05) is 0 Å². The summed E-state index contributed by atoms with van der Waals surface area (Å²) in [7, 11) is 4.90. The second kappa shape index (κ2) is 14.4. The van der Waals surface area contributed by atoms with Gasteiger partial charge in [0.15, 0.2) is 0 Å². The SMILES string of the molecule is COc1ccc(C(O)(c2ccc(C)cc2)c2cccc(CCc3cccc(C(O)(c4ccc(OC)cc4)c4ccc(OC)cc4)c3)c2)cc1. The molecular weight excluding hydrogens is 608 g/mol. The Kier molecular flexibility index (Phi) is 9.86. The normalized spacial score (nSPS) is 12.6. The topological polar surface area (TPSA) is 68.2 Å². The van der Waals surface area contributed by atoms with Gasteiger partial charge in [0.2, 0.25) is 0 Å². The van der Waals surface area contributed by atoms with Gasteiger partial charge in [0.1, 0.15) is 28.5 Å². The van der Waals surface area contributed by atoms with E-state index in [2.05, 4.69) is 24.3 Å². The molecule has 49 heavy (non-hydrogen) atoms. The first-order valence-electron chi connectivity index (χ1n) is 16.4. The zero-order chi connectivity index (χ0) is 34.4. The number of hydrogen-bond acceptors (Lipinski definition) is 5. The van der Waals surface area contributed by atoms with E-state index in [0.29, 0.717) is 0 Å². The minimum Gasteiger partial charge on any atom is -0.497 e. The Bertz CT molecular complexity index is 1930. The molecule has 5 nitrogen and oxygen atoms in total. The van der Waals surface area contributed by atoms with Crippen LogP contribution in [0.25, 0.3) is 0 Å². The standard InChI is InChI=1S/C44H42O5/c1-31-11-15-34(16-12-31)43(45,35-17-23-40(47-2)24-18-35)38-9-5-7-32(29-38)13-14-33-8-6-10-39(30-33)44(46,36-19-25-41(48-3)26-20-36)37-21-27-42(49-4)28-22-37/h5-12,15-30,45-46H,13-14H2,1-4H3. The number of aryl methyl sites for hydroxylation is 3. The highest BCUT2D eigenvalue weighted by Crippen LogP contribution is 2.40. The van der Waals surface area contributed by atoms with Crippen molar-refractivity contribution in [2.24, 2.45) is 0 Å². The maximum atomic E-state index is 12.5. The molecule has 6 rings (SSSR count). The average molecular weight is 651 g/mol. The van der Waals surface area contributed by atoms with Gasteiger partial charge in [-0.3, -0.25) is 0 Å². The van der Waals surface area contributed by atoms with Gasteiger partial charge in [-0.2, -0.15) is 0 Å². The summed E-state index contributed by atoms with van der Waals surface area (Å²) in [5, 5.41) is 25.1. The minimum atomic E-state index is -1.41. The highest BCUT2D eigenvalue weighted by molar-refractivity contribution is 5.51. The molecule has 0 spiro atoms. The van der Waals surface area contributed by atoms with Gasteiger partial charge in [-0.15, -0.1) is 0 Å². The molecule has 0 saturated heterocycles. The molecule has 0 radical (unpaired) electrons. The Hall–Kier alpha value is -5.36. The number of methoxy groups -OCH3 is 3. The van der Waals surface area contributed by atoms with Gasteiger partial charge < -0.3 is 24.4 Å². The molecule has 0 aromatic heterocycles. The van der Waals surface area contributed by atoms with Crippen molar-refractivity contribution in [3.8, 4) is 17.2 Å². The molecule has 0 bridgehead atoms. The van der Waals surface area contributed by atoms with Crippen molar-refractivity contribution in [2.75, 3.05) is 21.3 Å². The van der Waals surface area contributed by atoms with Crippen LogP contribution in [0.5, 0.6) is 17.2 Å². The summed E-state index contributed by atoms with van der Waals surface area (Å²) in [6, 6.07) is 47.0.